The molecule has 0 spiro atoms. The standard InChI is InChI=1S/C14H26F2N2O2/c1-13(2,3)20-12(19)17-9-10-18(4)11-5-7-14(15,16)8-6-11/h11H,5-10H2,1-4H3,(H,17,19). The summed E-state index contributed by atoms with van der Waals surface area (Å²) in [5.74, 6) is -2.49. The molecular formula is C14H26F2N2O2. The average Bonchev–Trinajstić information content (AvgIpc) is 2.26. The zero-order valence-electron chi connectivity index (χ0n) is 12.8. The molecule has 1 amide bonds. The van der Waals surface area contributed by atoms with Crippen LogP contribution >= 0.6 is 0 Å². The second-order valence-electron chi connectivity index (χ2n) is 6.50. The Morgan fingerprint density at radius 1 is 1.35 bits per heavy atom. The quantitative estimate of drug-likeness (QED) is 0.866. The van der Waals surface area contributed by atoms with Crippen molar-refractivity contribution in [3.05, 3.63) is 0 Å². The van der Waals surface area contributed by atoms with Gasteiger partial charge in [-0.1, -0.05) is 0 Å². The summed E-state index contributed by atoms with van der Waals surface area (Å²) in [5.41, 5.74) is -0.509. The molecule has 0 heterocycles. The molecule has 1 fully saturated rings. The monoisotopic (exact) mass is 292 g/mol. The molecule has 0 aromatic rings. The fraction of sp³-hybridized carbons (Fsp3) is 0.929. The average molecular weight is 292 g/mol. The highest BCUT2D eigenvalue weighted by Crippen LogP contribution is 2.34. The Bertz CT molecular complexity index is 320. The number of alkyl halides is 2. The molecular weight excluding hydrogens is 266 g/mol. The summed E-state index contributed by atoms with van der Waals surface area (Å²) in [5, 5.41) is 2.67. The van der Waals surface area contributed by atoms with E-state index in [1.165, 1.54) is 0 Å². The lowest BCUT2D eigenvalue weighted by molar-refractivity contribution is -0.0510. The molecule has 20 heavy (non-hydrogen) atoms. The van der Waals surface area contributed by atoms with Gasteiger partial charge < -0.3 is 15.0 Å². The number of ether oxygens (including phenoxy) is 1. The van der Waals surface area contributed by atoms with Crippen LogP contribution < -0.4 is 5.32 Å². The lowest BCUT2D eigenvalue weighted by Gasteiger charge is -2.34. The first-order chi connectivity index (χ1) is 9.09. The number of halogens is 2. The maximum Gasteiger partial charge on any atom is 0.407 e. The molecule has 1 N–H and O–H groups in total. The maximum atomic E-state index is 13.1. The van der Waals surface area contributed by atoms with Crippen molar-refractivity contribution in [1.82, 2.24) is 10.2 Å². The number of nitrogens with zero attached hydrogens (tertiary/aromatic N) is 1. The summed E-state index contributed by atoms with van der Waals surface area (Å²) in [6.45, 7) is 6.51. The molecule has 0 saturated heterocycles. The Morgan fingerprint density at radius 2 is 1.90 bits per heavy atom. The molecule has 0 atom stereocenters. The minimum atomic E-state index is -2.49. The largest absolute Gasteiger partial charge is 0.444 e. The Morgan fingerprint density at radius 3 is 2.40 bits per heavy atom. The Kier molecular flexibility index (Phi) is 5.74. The number of rotatable bonds is 4. The summed E-state index contributed by atoms with van der Waals surface area (Å²) in [6, 6.07) is 0.176. The van der Waals surface area contributed by atoms with Crippen LogP contribution in [0.3, 0.4) is 0 Å². The van der Waals surface area contributed by atoms with Crippen molar-refractivity contribution < 1.29 is 18.3 Å². The molecule has 0 bridgehead atoms. The van der Waals surface area contributed by atoms with Crippen LogP contribution in [0.5, 0.6) is 0 Å². The first-order valence-corrected chi connectivity index (χ1v) is 7.14. The van der Waals surface area contributed by atoms with Gasteiger partial charge in [-0.25, -0.2) is 13.6 Å². The van der Waals surface area contributed by atoms with Gasteiger partial charge in [-0.15, -0.1) is 0 Å². The number of likely N-dealkylation sites (N-methyl/N-ethyl adjacent to an activating group) is 1. The van der Waals surface area contributed by atoms with Crippen LogP contribution in [0, 0.1) is 0 Å². The number of nitrogens with one attached hydrogen (secondary N) is 1. The van der Waals surface area contributed by atoms with E-state index in [1.54, 1.807) is 20.8 Å². The van der Waals surface area contributed by atoms with Gasteiger partial charge in [0.25, 0.3) is 0 Å². The predicted octanol–water partition coefficient (Wildman–Crippen LogP) is 3.02. The Labute approximate surface area is 119 Å². The lowest BCUT2D eigenvalue weighted by Crippen LogP contribution is -2.42. The summed E-state index contributed by atoms with van der Waals surface area (Å²) in [6.07, 6.45) is 0.496. The molecule has 0 aromatic carbocycles. The first kappa shape index (κ1) is 17.1. The smallest absolute Gasteiger partial charge is 0.407 e. The lowest BCUT2D eigenvalue weighted by atomic mass is 9.91. The van der Waals surface area contributed by atoms with Crippen LogP contribution in [-0.2, 0) is 4.74 Å². The van der Waals surface area contributed by atoms with Gasteiger partial charge in [0.05, 0.1) is 0 Å². The van der Waals surface area contributed by atoms with Crippen LogP contribution in [-0.4, -0.2) is 48.7 Å². The Hall–Kier alpha value is -0.910. The molecule has 1 aliphatic carbocycles. The third kappa shape index (κ3) is 6.50. The van der Waals surface area contributed by atoms with Gasteiger partial charge >= 0.3 is 6.09 Å². The van der Waals surface area contributed by atoms with E-state index in [2.05, 4.69) is 5.32 Å². The van der Waals surface area contributed by atoms with Gasteiger partial charge in [-0.05, 0) is 40.7 Å². The van der Waals surface area contributed by atoms with Crippen LogP contribution in [0.4, 0.5) is 13.6 Å². The maximum absolute atomic E-state index is 13.1. The van der Waals surface area contributed by atoms with Crippen LogP contribution in [0.25, 0.3) is 0 Å². The normalized spacial score (nSPS) is 19.9. The molecule has 0 aliphatic heterocycles. The van der Waals surface area contributed by atoms with Crippen molar-refractivity contribution in [2.75, 3.05) is 20.1 Å². The van der Waals surface area contributed by atoms with E-state index in [4.69, 9.17) is 4.74 Å². The van der Waals surface area contributed by atoms with Gasteiger partial charge in [0, 0.05) is 32.0 Å². The second-order valence-corrected chi connectivity index (χ2v) is 6.50. The topological polar surface area (TPSA) is 41.6 Å². The fourth-order valence-electron chi connectivity index (χ4n) is 2.30. The highest BCUT2D eigenvalue weighted by Gasteiger charge is 2.35. The van der Waals surface area contributed by atoms with Gasteiger partial charge in [0.15, 0.2) is 0 Å². The highest BCUT2D eigenvalue weighted by molar-refractivity contribution is 5.67. The zero-order valence-corrected chi connectivity index (χ0v) is 12.8. The summed E-state index contributed by atoms with van der Waals surface area (Å²) in [4.78, 5) is 13.5. The van der Waals surface area contributed by atoms with Crippen molar-refractivity contribution in [3.63, 3.8) is 0 Å². The molecule has 6 heteroatoms. The molecule has 118 valence electrons. The van der Waals surface area contributed by atoms with E-state index in [-0.39, 0.29) is 18.9 Å². The van der Waals surface area contributed by atoms with E-state index in [0.29, 0.717) is 25.9 Å². The van der Waals surface area contributed by atoms with Crippen molar-refractivity contribution in [3.8, 4) is 0 Å². The number of hydrogen-bond donors (Lipinski definition) is 1. The molecule has 0 aromatic heterocycles. The van der Waals surface area contributed by atoms with Crippen molar-refractivity contribution in [1.29, 1.82) is 0 Å². The van der Waals surface area contributed by atoms with Gasteiger partial charge in [-0.3, -0.25) is 0 Å². The molecule has 1 saturated carbocycles. The number of amides is 1. The van der Waals surface area contributed by atoms with Gasteiger partial charge in [0.2, 0.25) is 5.92 Å². The summed E-state index contributed by atoms with van der Waals surface area (Å²) in [7, 11) is 1.91. The third-order valence-electron chi connectivity index (χ3n) is 3.44. The minimum absolute atomic E-state index is 0.0402. The van der Waals surface area contributed by atoms with E-state index in [9.17, 15) is 13.6 Å². The zero-order chi connectivity index (χ0) is 15.4. The molecule has 0 radical (unpaired) electrons. The summed E-state index contributed by atoms with van der Waals surface area (Å²) < 4.78 is 31.3. The highest BCUT2D eigenvalue weighted by atomic mass is 19.3. The molecule has 1 aliphatic rings. The minimum Gasteiger partial charge on any atom is -0.444 e. The van der Waals surface area contributed by atoms with Crippen molar-refractivity contribution in [2.24, 2.45) is 0 Å². The van der Waals surface area contributed by atoms with Crippen molar-refractivity contribution in [2.45, 2.75) is 64.0 Å². The first-order valence-electron chi connectivity index (χ1n) is 7.14. The van der Waals surface area contributed by atoms with Crippen LogP contribution in [0.2, 0.25) is 0 Å². The van der Waals surface area contributed by atoms with E-state index < -0.39 is 17.6 Å². The molecule has 1 rings (SSSR count). The molecule has 4 nitrogen and oxygen atoms in total. The molecule has 0 unspecified atom stereocenters. The number of alkyl carbamates (subject to hydrolysis) is 1. The predicted molar refractivity (Wildman–Crippen MR) is 74.1 cm³/mol. The van der Waals surface area contributed by atoms with E-state index in [1.807, 2.05) is 11.9 Å². The van der Waals surface area contributed by atoms with Crippen molar-refractivity contribution >= 4 is 6.09 Å². The summed E-state index contributed by atoms with van der Waals surface area (Å²) >= 11 is 0. The Balaban J connectivity index is 2.21. The van der Waals surface area contributed by atoms with Gasteiger partial charge in [0.1, 0.15) is 5.60 Å². The number of carbonyl (C=O) groups excluding carboxylic acids is 1. The van der Waals surface area contributed by atoms with Crippen LogP contribution in [0.1, 0.15) is 46.5 Å². The second kappa shape index (κ2) is 6.70. The fourth-order valence-corrected chi connectivity index (χ4v) is 2.30. The third-order valence-corrected chi connectivity index (χ3v) is 3.44. The van der Waals surface area contributed by atoms with Crippen LogP contribution in [0.15, 0.2) is 0 Å². The number of carbonyl (C=O) groups is 1. The van der Waals surface area contributed by atoms with E-state index in [0.717, 1.165) is 0 Å². The number of hydrogen-bond acceptors (Lipinski definition) is 3. The van der Waals surface area contributed by atoms with Gasteiger partial charge in [-0.2, -0.15) is 0 Å². The van der Waals surface area contributed by atoms with E-state index >= 15 is 0 Å². The SMILES string of the molecule is CN(CCNC(=O)OC(C)(C)C)C1CCC(F)(F)CC1.